The molecule has 0 unspecified atom stereocenters. The normalized spacial score (nSPS) is 11.2. The van der Waals surface area contributed by atoms with Gasteiger partial charge in [-0.05, 0) is 37.3 Å². The summed E-state index contributed by atoms with van der Waals surface area (Å²) in [5.74, 6) is -1.11. The van der Waals surface area contributed by atoms with Crippen molar-refractivity contribution in [1.29, 1.82) is 0 Å². The van der Waals surface area contributed by atoms with Gasteiger partial charge in [0.15, 0.2) is 11.6 Å². The number of fused-ring (bicyclic) bond motifs is 1. The predicted molar refractivity (Wildman–Crippen MR) is 121 cm³/mol. The fourth-order valence-corrected chi connectivity index (χ4v) is 4.56. The Morgan fingerprint density at radius 1 is 1.03 bits per heavy atom. The quantitative estimate of drug-likeness (QED) is 0.297. The smallest absolute Gasteiger partial charge is 0.275 e. The van der Waals surface area contributed by atoms with E-state index in [9.17, 15) is 13.6 Å². The second kappa shape index (κ2) is 7.83. The molecule has 0 saturated carbocycles. The van der Waals surface area contributed by atoms with Crippen molar-refractivity contribution >= 4 is 41.2 Å². The molecule has 8 heteroatoms. The van der Waals surface area contributed by atoms with Crippen molar-refractivity contribution in [3.8, 4) is 22.6 Å². The zero-order chi connectivity index (χ0) is 20.7. The van der Waals surface area contributed by atoms with Crippen LogP contribution in [0.3, 0.4) is 0 Å². The standard InChI is InChI=1S/C21H15F2IN2O2S/c1-12-3-5-18(28-19-6-4-13(22)10-17(19)23)15(9-12)16-11-25(2)21(27)20-14(16)7-8-26(20)29-24/h3-11H,1-2H3. The summed E-state index contributed by atoms with van der Waals surface area (Å²) in [5, 5.41) is 0.771. The van der Waals surface area contributed by atoms with E-state index in [1.807, 2.05) is 31.3 Å². The number of hydrogen-bond donors (Lipinski definition) is 0. The van der Waals surface area contributed by atoms with Crippen molar-refractivity contribution in [2.45, 2.75) is 6.92 Å². The second-order valence-corrected chi connectivity index (χ2v) is 8.32. The molecule has 0 bridgehead atoms. The number of ether oxygens (including phenoxy) is 1. The van der Waals surface area contributed by atoms with Crippen LogP contribution in [0, 0.1) is 18.6 Å². The van der Waals surface area contributed by atoms with E-state index in [1.54, 1.807) is 23.3 Å². The highest BCUT2D eigenvalue weighted by molar-refractivity contribution is 14.2. The summed E-state index contributed by atoms with van der Waals surface area (Å²) in [6, 6.07) is 10.6. The maximum absolute atomic E-state index is 14.2. The van der Waals surface area contributed by atoms with E-state index in [0.717, 1.165) is 28.6 Å². The van der Waals surface area contributed by atoms with Crippen LogP contribution in [0.1, 0.15) is 5.56 Å². The largest absolute Gasteiger partial charge is 0.454 e. The minimum atomic E-state index is -0.783. The number of rotatable bonds is 4. The first-order valence-electron chi connectivity index (χ1n) is 8.62. The Kier molecular flexibility index (Phi) is 5.39. The van der Waals surface area contributed by atoms with Gasteiger partial charge in [0.25, 0.3) is 5.56 Å². The third-order valence-electron chi connectivity index (χ3n) is 4.60. The molecule has 4 nitrogen and oxygen atoms in total. The van der Waals surface area contributed by atoms with E-state index in [1.165, 1.54) is 19.8 Å². The second-order valence-electron chi connectivity index (χ2n) is 6.61. The molecule has 2 aromatic carbocycles. The molecule has 0 amide bonds. The van der Waals surface area contributed by atoms with Crippen molar-refractivity contribution in [1.82, 2.24) is 8.54 Å². The molecule has 2 heterocycles. The summed E-state index contributed by atoms with van der Waals surface area (Å²) in [5.41, 5.74) is 2.93. The van der Waals surface area contributed by atoms with Gasteiger partial charge in [-0.15, -0.1) is 0 Å². The van der Waals surface area contributed by atoms with Gasteiger partial charge < -0.3 is 9.30 Å². The Morgan fingerprint density at radius 3 is 2.52 bits per heavy atom. The average molecular weight is 524 g/mol. The average Bonchev–Trinajstić information content (AvgIpc) is 3.12. The van der Waals surface area contributed by atoms with Crippen LogP contribution in [0.4, 0.5) is 8.78 Å². The first-order valence-corrected chi connectivity index (χ1v) is 11.9. The minimum Gasteiger partial charge on any atom is -0.454 e. The number of pyridine rings is 1. The van der Waals surface area contributed by atoms with E-state index in [0.29, 0.717) is 16.8 Å². The number of aryl methyl sites for hydroxylation is 2. The number of hydrogen-bond acceptors (Lipinski definition) is 3. The number of halogens is 3. The van der Waals surface area contributed by atoms with Gasteiger partial charge >= 0.3 is 0 Å². The summed E-state index contributed by atoms with van der Waals surface area (Å²) < 4.78 is 36.5. The Hall–Kier alpha value is -2.33. The van der Waals surface area contributed by atoms with Crippen LogP contribution in [0.2, 0.25) is 0 Å². The van der Waals surface area contributed by atoms with Gasteiger partial charge in [0, 0.05) is 72.3 Å². The Balaban J connectivity index is 1.94. The first kappa shape index (κ1) is 20.0. The van der Waals surface area contributed by atoms with Crippen LogP contribution in [0.5, 0.6) is 11.5 Å². The third-order valence-corrected chi connectivity index (χ3v) is 6.33. The maximum Gasteiger partial charge on any atom is 0.275 e. The number of aromatic nitrogens is 2. The minimum absolute atomic E-state index is 0.0713. The van der Waals surface area contributed by atoms with Gasteiger partial charge in [0.1, 0.15) is 17.1 Å². The lowest BCUT2D eigenvalue weighted by Gasteiger charge is -2.15. The summed E-state index contributed by atoms with van der Waals surface area (Å²) in [4.78, 5) is 12.7. The van der Waals surface area contributed by atoms with Crippen LogP contribution in [-0.2, 0) is 7.05 Å². The molecule has 0 spiro atoms. The van der Waals surface area contributed by atoms with Crippen molar-refractivity contribution in [2.75, 3.05) is 0 Å². The number of benzene rings is 2. The van der Waals surface area contributed by atoms with Crippen LogP contribution >= 0.6 is 30.3 Å². The lowest BCUT2D eigenvalue weighted by atomic mass is 10.0. The van der Waals surface area contributed by atoms with Gasteiger partial charge in [0.2, 0.25) is 0 Å². The predicted octanol–water partition coefficient (Wildman–Crippen LogP) is 6.23. The molecule has 4 aromatic rings. The Morgan fingerprint density at radius 2 is 1.79 bits per heavy atom. The van der Waals surface area contributed by atoms with E-state index < -0.39 is 11.6 Å². The first-order chi connectivity index (χ1) is 13.9. The zero-order valence-electron chi connectivity index (χ0n) is 15.4. The van der Waals surface area contributed by atoms with Gasteiger partial charge in [-0.25, -0.2) is 8.78 Å². The van der Waals surface area contributed by atoms with Crippen LogP contribution in [0.25, 0.3) is 22.0 Å². The van der Waals surface area contributed by atoms with Gasteiger partial charge in [-0.3, -0.25) is 8.77 Å². The monoisotopic (exact) mass is 524 g/mol. The summed E-state index contributed by atoms with van der Waals surface area (Å²) >= 11 is 2.12. The molecule has 0 atom stereocenters. The topological polar surface area (TPSA) is 36.2 Å². The van der Waals surface area contributed by atoms with Crippen molar-refractivity contribution < 1.29 is 13.5 Å². The molecule has 148 valence electrons. The molecule has 0 aliphatic rings. The van der Waals surface area contributed by atoms with E-state index in [-0.39, 0.29) is 11.3 Å². The molecule has 0 aliphatic carbocycles. The van der Waals surface area contributed by atoms with E-state index in [2.05, 4.69) is 21.2 Å². The molecule has 29 heavy (non-hydrogen) atoms. The zero-order valence-corrected chi connectivity index (χ0v) is 18.4. The van der Waals surface area contributed by atoms with Crippen molar-refractivity contribution in [3.63, 3.8) is 0 Å². The molecule has 0 N–H and O–H groups in total. The van der Waals surface area contributed by atoms with Gasteiger partial charge in [-0.1, -0.05) is 11.6 Å². The highest BCUT2D eigenvalue weighted by Gasteiger charge is 2.18. The van der Waals surface area contributed by atoms with Gasteiger partial charge in [-0.2, -0.15) is 0 Å². The molecule has 4 rings (SSSR count). The lowest BCUT2D eigenvalue weighted by molar-refractivity contribution is 0.439. The van der Waals surface area contributed by atoms with Crippen LogP contribution in [-0.4, -0.2) is 8.54 Å². The van der Waals surface area contributed by atoms with Crippen LogP contribution in [0.15, 0.2) is 59.7 Å². The van der Waals surface area contributed by atoms with Crippen LogP contribution < -0.4 is 10.3 Å². The van der Waals surface area contributed by atoms with Crippen molar-refractivity contribution in [3.05, 3.63) is 82.4 Å². The molecule has 0 radical (unpaired) electrons. The molecule has 0 saturated heterocycles. The SMILES string of the molecule is Cc1ccc(Oc2ccc(F)cc2F)c(-c2cn(C)c(=O)c3c2ccn3SI)c1. The third kappa shape index (κ3) is 3.66. The Bertz CT molecular complexity index is 1300. The molecule has 0 fully saturated rings. The summed E-state index contributed by atoms with van der Waals surface area (Å²) in [6.07, 6.45) is 3.58. The van der Waals surface area contributed by atoms with Crippen molar-refractivity contribution in [2.24, 2.45) is 7.05 Å². The molecule has 0 aliphatic heterocycles. The molecule has 2 aromatic heterocycles. The fraction of sp³-hybridized carbons (Fsp3) is 0.0952. The van der Waals surface area contributed by atoms with E-state index in [4.69, 9.17) is 4.74 Å². The fourth-order valence-electron chi connectivity index (χ4n) is 3.22. The maximum atomic E-state index is 14.2. The van der Waals surface area contributed by atoms with E-state index >= 15 is 0 Å². The summed E-state index contributed by atoms with van der Waals surface area (Å²) in [6.45, 7) is 1.94. The highest BCUT2D eigenvalue weighted by atomic mass is 127. The summed E-state index contributed by atoms with van der Waals surface area (Å²) in [7, 11) is 3.09. The number of nitrogens with zero attached hydrogens (tertiary/aromatic N) is 2. The highest BCUT2D eigenvalue weighted by Crippen LogP contribution is 2.38. The molecular formula is C21H15F2IN2O2S. The Labute approximate surface area is 181 Å². The lowest BCUT2D eigenvalue weighted by Crippen LogP contribution is -2.17. The van der Waals surface area contributed by atoms with Gasteiger partial charge in [0.05, 0.1) is 0 Å². The molecular weight excluding hydrogens is 509 g/mol.